The third-order valence-corrected chi connectivity index (χ3v) is 3.14. The van der Waals surface area contributed by atoms with Gasteiger partial charge in [-0.3, -0.25) is 0 Å². The van der Waals surface area contributed by atoms with E-state index in [1.165, 1.54) is 6.92 Å². The molecule has 0 aromatic heterocycles. The van der Waals surface area contributed by atoms with Gasteiger partial charge in [0.25, 0.3) is 0 Å². The van der Waals surface area contributed by atoms with Crippen LogP contribution in [0.5, 0.6) is 0 Å². The number of hydrogen-bond acceptors (Lipinski definition) is 2. The van der Waals surface area contributed by atoms with Crippen molar-refractivity contribution in [1.82, 2.24) is 0 Å². The quantitative estimate of drug-likeness (QED) is 0.573. The Hall–Kier alpha value is -1.47. The first-order valence-corrected chi connectivity index (χ1v) is 6.05. The average molecular weight is 273 g/mol. The van der Waals surface area contributed by atoms with Gasteiger partial charge in [0.05, 0.1) is 6.07 Å². The molecule has 2 rings (SSSR count). The molecule has 1 aliphatic heterocycles. The van der Waals surface area contributed by atoms with E-state index in [1.54, 1.807) is 30.6 Å². The van der Waals surface area contributed by atoms with Crippen molar-refractivity contribution >= 4 is 0 Å². The number of hydrogen-bond donors (Lipinski definition) is 0. The summed E-state index contributed by atoms with van der Waals surface area (Å²) in [6, 6.07) is 11.9. The Morgan fingerprint density at radius 2 is 1.90 bits per heavy atom. The summed E-state index contributed by atoms with van der Waals surface area (Å²) in [5.74, 6) is -0.355. The maximum Gasteiger partial charge on any atom is 1.00 e. The molecular formula is C16H14N2NaO-. The van der Waals surface area contributed by atoms with Gasteiger partial charge in [-0.1, -0.05) is 55.5 Å². The van der Waals surface area contributed by atoms with Crippen LogP contribution in [0.1, 0.15) is 18.4 Å². The summed E-state index contributed by atoms with van der Waals surface area (Å²) in [6.45, 7) is 1.50. The van der Waals surface area contributed by atoms with Crippen molar-refractivity contribution in [2.45, 2.75) is 12.8 Å². The minimum Gasteiger partial charge on any atom is -0.876 e. The zero-order valence-corrected chi connectivity index (χ0v) is 13.7. The fourth-order valence-corrected chi connectivity index (χ4v) is 2.19. The van der Waals surface area contributed by atoms with Gasteiger partial charge in [-0.05, 0) is 5.56 Å². The number of nitriles is 1. The van der Waals surface area contributed by atoms with Crippen LogP contribution in [0.25, 0.3) is 5.32 Å². The van der Waals surface area contributed by atoms with Gasteiger partial charge in [-0.15, -0.1) is 5.76 Å². The second kappa shape index (κ2) is 7.35. The summed E-state index contributed by atoms with van der Waals surface area (Å²) >= 11 is 0. The monoisotopic (exact) mass is 273 g/mol. The van der Waals surface area contributed by atoms with Gasteiger partial charge < -0.3 is 10.4 Å². The van der Waals surface area contributed by atoms with Crippen molar-refractivity contribution in [1.29, 1.82) is 5.26 Å². The van der Waals surface area contributed by atoms with E-state index >= 15 is 0 Å². The molecule has 0 saturated carbocycles. The maximum atomic E-state index is 11.5. The smallest absolute Gasteiger partial charge is 0.876 e. The van der Waals surface area contributed by atoms with Crippen molar-refractivity contribution in [2.24, 2.45) is 5.41 Å². The number of rotatable bonds is 3. The predicted octanol–water partition coefficient (Wildman–Crippen LogP) is -0.0370. The van der Waals surface area contributed by atoms with Crippen LogP contribution >= 0.6 is 0 Å². The van der Waals surface area contributed by atoms with Crippen molar-refractivity contribution in [3.05, 3.63) is 77.6 Å². The first kappa shape index (κ1) is 16.6. The molecule has 1 aromatic carbocycles. The van der Waals surface area contributed by atoms with Gasteiger partial charge in [0.2, 0.25) is 0 Å². The fraction of sp³-hybridized carbons (Fsp3) is 0.188. The molecular weight excluding hydrogens is 259 g/mol. The molecule has 1 unspecified atom stereocenters. The SMILES string of the molecule is C/C([O-])=C/C(c1ccccc1)C1(C#N)C=C[N-]C=C1.[Na+]. The van der Waals surface area contributed by atoms with Crippen LogP contribution in [0.15, 0.2) is 66.7 Å². The predicted molar refractivity (Wildman–Crippen MR) is 72.6 cm³/mol. The molecule has 0 saturated heterocycles. The molecule has 4 heteroatoms. The molecule has 0 aliphatic carbocycles. The number of benzene rings is 1. The zero-order valence-electron chi connectivity index (χ0n) is 11.7. The topological polar surface area (TPSA) is 60.9 Å². The standard InChI is InChI=1S/C16H15N2O.Na/c1-13(19)11-15(14-5-3-2-4-6-14)16(12-17)7-9-18-10-8-16;/h2-11,15,19H,1H3;/q-1;+1/p-1/b13-11-;. The molecule has 0 bridgehead atoms. The van der Waals surface area contributed by atoms with E-state index in [2.05, 4.69) is 11.4 Å². The largest absolute Gasteiger partial charge is 1.00 e. The molecule has 1 atom stereocenters. The van der Waals surface area contributed by atoms with Crippen LogP contribution in [0.3, 0.4) is 0 Å². The van der Waals surface area contributed by atoms with E-state index < -0.39 is 5.41 Å². The molecule has 0 fully saturated rings. The number of nitrogens with zero attached hydrogens (tertiary/aromatic N) is 2. The van der Waals surface area contributed by atoms with E-state index in [0.29, 0.717) is 0 Å². The van der Waals surface area contributed by atoms with Crippen LogP contribution in [-0.4, -0.2) is 0 Å². The van der Waals surface area contributed by atoms with E-state index in [4.69, 9.17) is 0 Å². The molecule has 1 heterocycles. The fourth-order valence-electron chi connectivity index (χ4n) is 2.19. The van der Waals surface area contributed by atoms with E-state index in [1.807, 2.05) is 30.3 Å². The first-order chi connectivity index (χ1) is 9.18. The Kier molecular flexibility index (Phi) is 6.09. The van der Waals surface area contributed by atoms with Crippen LogP contribution in [0, 0.1) is 16.7 Å². The van der Waals surface area contributed by atoms with Crippen molar-refractivity contribution in [2.75, 3.05) is 0 Å². The summed E-state index contributed by atoms with van der Waals surface area (Å²) in [5.41, 5.74) is 0.0878. The second-order valence-electron chi connectivity index (χ2n) is 4.49. The molecule has 0 N–H and O–H groups in total. The minimum absolute atomic E-state index is 0. The second-order valence-corrected chi connectivity index (χ2v) is 4.49. The normalized spacial score (nSPS) is 17.5. The molecule has 0 radical (unpaired) electrons. The van der Waals surface area contributed by atoms with Gasteiger partial charge in [0.1, 0.15) is 5.41 Å². The van der Waals surface area contributed by atoms with Crippen LogP contribution in [0.2, 0.25) is 0 Å². The summed E-state index contributed by atoms with van der Waals surface area (Å²) in [6.07, 6.45) is 8.28. The maximum absolute atomic E-state index is 11.5. The Morgan fingerprint density at radius 1 is 1.30 bits per heavy atom. The summed E-state index contributed by atoms with van der Waals surface area (Å²) < 4.78 is 0. The van der Waals surface area contributed by atoms with Crippen molar-refractivity contribution in [3.8, 4) is 6.07 Å². The third-order valence-electron chi connectivity index (χ3n) is 3.14. The van der Waals surface area contributed by atoms with Gasteiger partial charge in [-0.25, -0.2) is 0 Å². The van der Waals surface area contributed by atoms with Gasteiger partial charge in [0, 0.05) is 5.92 Å². The molecule has 1 aromatic rings. The first-order valence-electron chi connectivity index (χ1n) is 6.05. The zero-order chi connectivity index (χ0) is 13.7. The van der Waals surface area contributed by atoms with E-state index in [9.17, 15) is 10.4 Å². The molecule has 0 amide bonds. The van der Waals surface area contributed by atoms with Crippen molar-refractivity contribution < 1.29 is 34.7 Å². The molecule has 1 aliphatic rings. The van der Waals surface area contributed by atoms with Gasteiger partial charge in [0.15, 0.2) is 0 Å². The number of allylic oxidation sites excluding steroid dienone is 4. The Balaban J connectivity index is 0.00000200. The molecule has 3 nitrogen and oxygen atoms in total. The van der Waals surface area contributed by atoms with Gasteiger partial charge in [-0.2, -0.15) is 17.7 Å². The minimum atomic E-state index is -0.852. The Morgan fingerprint density at radius 3 is 2.40 bits per heavy atom. The van der Waals surface area contributed by atoms with Crippen molar-refractivity contribution in [3.63, 3.8) is 0 Å². The van der Waals surface area contributed by atoms with E-state index in [-0.39, 0.29) is 41.2 Å². The van der Waals surface area contributed by atoms with Crippen LogP contribution in [0.4, 0.5) is 0 Å². The summed E-state index contributed by atoms with van der Waals surface area (Å²) in [4.78, 5) is 0. The van der Waals surface area contributed by atoms with E-state index in [0.717, 1.165) is 5.56 Å². The molecule has 96 valence electrons. The molecule has 20 heavy (non-hydrogen) atoms. The third kappa shape index (κ3) is 3.55. The summed E-state index contributed by atoms with van der Waals surface area (Å²) in [5, 5.41) is 25.0. The average Bonchev–Trinajstić information content (AvgIpc) is 2.46. The summed E-state index contributed by atoms with van der Waals surface area (Å²) in [7, 11) is 0. The van der Waals surface area contributed by atoms with Crippen LogP contribution in [-0.2, 0) is 0 Å². The Bertz CT molecular complexity index is 554. The van der Waals surface area contributed by atoms with Gasteiger partial charge >= 0.3 is 29.6 Å². The molecule has 0 spiro atoms. The Labute approximate surface area is 141 Å². The van der Waals surface area contributed by atoms with Crippen LogP contribution < -0.4 is 34.7 Å².